The van der Waals surface area contributed by atoms with Gasteiger partial charge in [0.05, 0.1) is 5.69 Å². The molecule has 7 heteroatoms. The molecule has 0 aliphatic heterocycles. The molecule has 1 aromatic rings. The molecule has 1 atom stereocenters. The van der Waals surface area contributed by atoms with Crippen molar-refractivity contribution >= 4 is 33.5 Å². The van der Waals surface area contributed by atoms with E-state index >= 15 is 0 Å². The molecule has 0 radical (unpaired) electrons. The van der Waals surface area contributed by atoms with Gasteiger partial charge in [-0.1, -0.05) is 11.3 Å². The number of carbonyl (C=O) groups excluding carboxylic acids is 1. The van der Waals surface area contributed by atoms with Crippen LogP contribution in [0.1, 0.15) is 12.6 Å². The van der Waals surface area contributed by atoms with Gasteiger partial charge in [0.15, 0.2) is 5.13 Å². The van der Waals surface area contributed by atoms with Crippen molar-refractivity contribution in [3.63, 3.8) is 0 Å². The van der Waals surface area contributed by atoms with Crippen molar-refractivity contribution in [2.45, 2.75) is 18.1 Å². The Morgan fingerprint density at radius 1 is 1.69 bits per heavy atom. The van der Waals surface area contributed by atoms with Crippen molar-refractivity contribution in [1.29, 1.82) is 0 Å². The molecule has 0 bridgehead atoms. The van der Waals surface area contributed by atoms with Gasteiger partial charge in [-0.3, -0.25) is 9.00 Å². The molecule has 1 N–H and O–H groups in total. The van der Waals surface area contributed by atoms with E-state index in [2.05, 4.69) is 10.3 Å². The van der Waals surface area contributed by atoms with Gasteiger partial charge >= 0.3 is 0 Å². The van der Waals surface area contributed by atoms with E-state index in [9.17, 15) is 13.6 Å². The Bertz CT molecular complexity index is 361. The van der Waals surface area contributed by atoms with Gasteiger partial charge in [-0.15, -0.1) is 0 Å². The number of hydrogen-bond donors (Lipinski definition) is 1. The van der Waals surface area contributed by atoms with E-state index in [0.717, 1.165) is 11.3 Å². The summed E-state index contributed by atoms with van der Waals surface area (Å²) in [6, 6.07) is 0. The fourth-order valence-electron chi connectivity index (χ4n) is 0.741. The van der Waals surface area contributed by atoms with Crippen LogP contribution < -0.4 is 5.32 Å². The van der Waals surface area contributed by atoms with Crippen LogP contribution in [-0.2, 0) is 15.9 Å². The van der Waals surface area contributed by atoms with Crippen LogP contribution in [0.4, 0.5) is 5.13 Å². The first kappa shape index (κ1) is 10.3. The summed E-state index contributed by atoms with van der Waals surface area (Å²) >= 11 is -1.34. The summed E-state index contributed by atoms with van der Waals surface area (Å²) in [5.41, 5.74) is 0.405. The first-order chi connectivity index (χ1) is 6.00. The number of nitrogens with one attached hydrogen (secondary N) is 1. The van der Waals surface area contributed by atoms with E-state index in [1.807, 2.05) is 0 Å². The molecule has 1 rings (SSSR count). The SMILES string of the molecule is CC(=O)Nc1nc(C)c(S(=O)[O-])s1. The normalized spacial score (nSPS) is 12.5. The van der Waals surface area contributed by atoms with Crippen molar-refractivity contribution in [2.75, 3.05) is 5.32 Å². The van der Waals surface area contributed by atoms with Gasteiger partial charge in [0.2, 0.25) is 5.91 Å². The minimum absolute atomic E-state index is 0.156. The third-order valence-electron chi connectivity index (χ3n) is 1.19. The van der Waals surface area contributed by atoms with Crippen molar-refractivity contribution < 1.29 is 13.6 Å². The second kappa shape index (κ2) is 3.95. The van der Waals surface area contributed by atoms with Crippen LogP contribution >= 0.6 is 11.3 Å². The first-order valence-corrected chi connectivity index (χ1v) is 5.24. The minimum Gasteiger partial charge on any atom is -0.768 e. The summed E-state index contributed by atoms with van der Waals surface area (Å²) in [6.07, 6.45) is 0. The van der Waals surface area contributed by atoms with E-state index in [1.165, 1.54) is 6.92 Å². The van der Waals surface area contributed by atoms with Crippen LogP contribution in [-0.4, -0.2) is 19.7 Å². The molecular formula is C6H7N2O3S2-. The number of thiazole rings is 1. The first-order valence-electron chi connectivity index (χ1n) is 3.35. The number of carbonyl (C=O) groups is 1. The van der Waals surface area contributed by atoms with Gasteiger partial charge < -0.3 is 9.87 Å². The quantitative estimate of drug-likeness (QED) is 0.740. The lowest BCUT2D eigenvalue weighted by Crippen LogP contribution is -2.04. The summed E-state index contributed by atoms with van der Waals surface area (Å²) in [6.45, 7) is 2.91. The second-order valence-corrected chi connectivity index (χ2v) is 4.44. The average molecular weight is 219 g/mol. The lowest BCUT2D eigenvalue weighted by molar-refractivity contribution is -0.114. The molecule has 0 aliphatic carbocycles. The highest BCUT2D eigenvalue weighted by molar-refractivity contribution is 7.81. The zero-order valence-corrected chi connectivity index (χ0v) is 8.62. The van der Waals surface area contributed by atoms with E-state index < -0.39 is 11.1 Å². The zero-order chi connectivity index (χ0) is 10.0. The molecule has 0 saturated carbocycles. The summed E-state index contributed by atoms with van der Waals surface area (Å²) in [5.74, 6) is -0.267. The summed E-state index contributed by atoms with van der Waals surface area (Å²) < 4.78 is 21.3. The number of hydrogen-bond acceptors (Lipinski definition) is 5. The van der Waals surface area contributed by atoms with Crippen LogP contribution in [0.3, 0.4) is 0 Å². The summed E-state index contributed by atoms with van der Waals surface area (Å²) in [7, 11) is 0. The van der Waals surface area contributed by atoms with E-state index in [-0.39, 0.29) is 10.1 Å². The Kier molecular flexibility index (Phi) is 3.12. The van der Waals surface area contributed by atoms with Gasteiger partial charge in [-0.25, -0.2) is 4.98 Å². The molecule has 1 aromatic heterocycles. The molecule has 0 aromatic carbocycles. The highest BCUT2D eigenvalue weighted by Crippen LogP contribution is 2.24. The van der Waals surface area contributed by atoms with Gasteiger partial charge in [0.1, 0.15) is 4.21 Å². The predicted molar refractivity (Wildman–Crippen MR) is 48.3 cm³/mol. The predicted octanol–water partition coefficient (Wildman–Crippen LogP) is 0.648. The highest BCUT2D eigenvalue weighted by atomic mass is 32.2. The smallest absolute Gasteiger partial charge is 0.223 e. The second-order valence-electron chi connectivity index (χ2n) is 2.31. The number of anilines is 1. The van der Waals surface area contributed by atoms with Crippen molar-refractivity contribution in [2.24, 2.45) is 0 Å². The monoisotopic (exact) mass is 219 g/mol. The molecule has 1 unspecified atom stereocenters. The van der Waals surface area contributed by atoms with Crippen LogP contribution in [0.5, 0.6) is 0 Å². The Morgan fingerprint density at radius 2 is 2.31 bits per heavy atom. The van der Waals surface area contributed by atoms with Gasteiger partial charge in [0.25, 0.3) is 0 Å². The third kappa shape index (κ3) is 2.58. The number of aryl methyl sites for hydroxylation is 1. The van der Waals surface area contributed by atoms with Gasteiger partial charge in [-0.2, -0.15) is 0 Å². The maximum atomic E-state index is 10.6. The average Bonchev–Trinajstić information content (AvgIpc) is 2.29. The van der Waals surface area contributed by atoms with Crippen LogP contribution in [0.25, 0.3) is 0 Å². The molecule has 5 nitrogen and oxygen atoms in total. The Labute approximate surface area is 81.5 Å². The summed E-state index contributed by atoms with van der Waals surface area (Å²) in [4.78, 5) is 14.5. The number of amides is 1. The molecule has 72 valence electrons. The van der Waals surface area contributed by atoms with Crippen molar-refractivity contribution in [1.82, 2.24) is 4.98 Å². The Balaban J connectivity index is 2.95. The minimum atomic E-state index is -2.28. The van der Waals surface area contributed by atoms with Gasteiger partial charge in [-0.05, 0) is 18.0 Å². The van der Waals surface area contributed by atoms with Gasteiger partial charge in [0, 0.05) is 6.92 Å². The Morgan fingerprint density at radius 3 is 2.69 bits per heavy atom. The molecule has 0 spiro atoms. The maximum Gasteiger partial charge on any atom is 0.223 e. The lowest BCUT2D eigenvalue weighted by Gasteiger charge is -1.99. The summed E-state index contributed by atoms with van der Waals surface area (Å²) in [5, 5.41) is 2.73. The molecule has 1 heterocycles. The fourth-order valence-corrected chi connectivity index (χ4v) is 2.28. The van der Waals surface area contributed by atoms with E-state index in [4.69, 9.17) is 0 Å². The largest absolute Gasteiger partial charge is 0.768 e. The number of rotatable bonds is 2. The van der Waals surface area contributed by atoms with Crippen molar-refractivity contribution in [3.8, 4) is 0 Å². The van der Waals surface area contributed by atoms with Crippen LogP contribution in [0.15, 0.2) is 4.21 Å². The molecule has 0 fully saturated rings. The van der Waals surface area contributed by atoms with Crippen LogP contribution in [0.2, 0.25) is 0 Å². The number of nitrogens with zero attached hydrogens (tertiary/aromatic N) is 1. The number of aromatic nitrogens is 1. The van der Waals surface area contributed by atoms with E-state index in [0.29, 0.717) is 10.8 Å². The Hall–Kier alpha value is -0.790. The molecule has 0 saturated heterocycles. The fraction of sp³-hybridized carbons (Fsp3) is 0.333. The van der Waals surface area contributed by atoms with Crippen molar-refractivity contribution in [3.05, 3.63) is 5.69 Å². The van der Waals surface area contributed by atoms with E-state index in [1.54, 1.807) is 6.92 Å². The molecule has 13 heavy (non-hydrogen) atoms. The maximum absolute atomic E-state index is 10.6. The molecular weight excluding hydrogens is 212 g/mol. The topological polar surface area (TPSA) is 82.1 Å². The standard InChI is InChI=1S/C6H8N2O3S2/c1-3-5(13(10)11)12-6(7-3)8-4(2)9/h1-2H3,(H,10,11)(H,7,8,9)/p-1. The zero-order valence-electron chi connectivity index (χ0n) is 6.99. The molecule has 0 aliphatic rings. The van der Waals surface area contributed by atoms with Crippen LogP contribution in [0, 0.1) is 6.92 Å². The highest BCUT2D eigenvalue weighted by Gasteiger charge is 2.08. The lowest BCUT2D eigenvalue weighted by atomic mass is 10.6. The third-order valence-corrected chi connectivity index (χ3v) is 3.31. The molecule has 1 amide bonds.